The highest BCUT2D eigenvalue weighted by Gasteiger charge is 2.13. The van der Waals surface area contributed by atoms with Crippen molar-refractivity contribution < 1.29 is 18.8 Å². The van der Waals surface area contributed by atoms with Crippen LogP contribution in [0.25, 0.3) is 11.3 Å². The summed E-state index contributed by atoms with van der Waals surface area (Å²) < 4.78 is 16.1. The summed E-state index contributed by atoms with van der Waals surface area (Å²) in [6.45, 7) is 13.0. The topological polar surface area (TPSA) is 93.1 Å². The van der Waals surface area contributed by atoms with Gasteiger partial charge in [0.05, 0.1) is 17.8 Å². The van der Waals surface area contributed by atoms with Crippen LogP contribution >= 0.6 is 11.3 Å². The van der Waals surface area contributed by atoms with Crippen molar-refractivity contribution in [3.63, 3.8) is 0 Å². The van der Waals surface area contributed by atoms with E-state index in [1.54, 1.807) is 49.0 Å². The number of aryl methyl sites for hydroxylation is 2. The van der Waals surface area contributed by atoms with E-state index in [1.807, 2.05) is 18.3 Å². The summed E-state index contributed by atoms with van der Waals surface area (Å²) in [5, 5.41) is 7.21. The molecule has 36 heavy (non-hydrogen) atoms. The molecule has 2 aromatic heterocycles. The molecule has 2 heterocycles. The number of halogens is 1. The van der Waals surface area contributed by atoms with E-state index < -0.39 is 5.91 Å². The third-order valence-corrected chi connectivity index (χ3v) is 5.90. The molecule has 0 aliphatic heterocycles. The number of anilines is 1. The van der Waals surface area contributed by atoms with Gasteiger partial charge < -0.3 is 20.0 Å². The molecular formula is C27H37FN4O3S. The van der Waals surface area contributed by atoms with Crippen LogP contribution in [-0.4, -0.2) is 34.7 Å². The largest absolute Gasteiger partial charge is 0.354 e. The molecule has 196 valence electrons. The molecule has 0 aliphatic rings. The number of hydrogen-bond acceptors (Lipinski definition) is 5. The number of thiazole rings is 1. The summed E-state index contributed by atoms with van der Waals surface area (Å²) in [6.07, 6.45) is 7.67. The minimum absolute atomic E-state index is 0.177. The molecule has 0 unspecified atom stereocenters. The van der Waals surface area contributed by atoms with E-state index in [1.165, 1.54) is 30.6 Å². The minimum Gasteiger partial charge on any atom is -0.354 e. The molecule has 2 N–H and O–H groups in total. The van der Waals surface area contributed by atoms with Crippen LogP contribution in [0.2, 0.25) is 0 Å². The van der Waals surface area contributed by atoms with Gasteiger partial charge in [-0.15, -0.1) is 11.3 Å². The summed E-state index contributed by atoms with van der Waals surface area (Å²) >= 11 is 1.20. The molecule has 0 saturated carbocycles. The van der Waals surface area contributed by atoms with Crippen LogP contribution in [0.15, 0.2) is 42.0 Å². The Hall–Kier alpha value is -3.33. The van der Waals surface area contributed by atoms with Crippen molar-refractivity contribution in [3.05, 3.63) is 59.0 Å². The summed E-state index contributed by atoms with van der Waals surface area (Å²) in [5.74, 6) is -0.144. The number of unbranched alkanes of at least 4 members (excludes halogenated alkanes) is 1. The van der Waals surface area contributed by atoms with E-state index in [9.17, 15) is 14.0 Å². The predicted octanol–water partition coefficient (Wildman–Crippen LogP) is 6.10. The fourth-order valence-corrected chi connectivity index (χ4v) is 3.84. The summed E-state index contributed by atoms with van der Waals surface area (Å²) in [6, 6.07) is 6.78. The Bertz CT molecular complexity index is 1090. The number of hydrogen-bond donors (Lipinski definition) is 2. The minimum atomic E-state index is -0.399. The average Bonchev–Trinajstić information content (AvgIpc) is 3.54. The first-order valence-corrected chi connectivity index (χ1v) is 12.9. The molecule has 0 bridgehead atoms. The number of carbonyl (C=O) groups is 3. The van der Waals surface area contributed by atoms with Gasteiger partial charge in [-0.05, 0) is 37.5 Å². The Labute approximate surface area is 217 Å². The zero-order valence-electron chi connectivity index (χ0n) is 21.8. The highest BCUT2D eigenvalue weighted by Crippen LogP contribution is 2.28. The SMILES string of the molecule is C=O.CCCCC(C)C.CCn1ccc(C(=O)NCC(=O)Nc2nc(-c3cccc(C)c3F)cs2)c1. The monoisotopic (exact) mass is 516 g/mol. The zero-order chi connectivity index (χ0) is 27.1. The number of benzene rings is 1. The highest BCUT2D eigenvalue weighted by molar-refractivity contribution is 7.14. The van der Waals surface area contributed by atoms with E-state index in [0.717, 1.165) is 12.5 Å². The zero-order valence-corrected chi connectivity index (χ0v) is 22.6. The van der Waals surface area contributed by atoms with Crippen molar-refractivity contribution in [1.29, 1.82) is 0 Å². The van der Waals surface area contributed by atoms with Gasteiger partial charge in [0.15, 0.2) is 5.13 Å². The van der Waals surface area contributed by atoms with Crippen molar-refractivity contribution in [2.45, 2.75) is 60.4 Å². The molecule has 7 nitrogen and oxygen atoms in total. The number of nitrogens with zero attached hydrogens (tertiary/aromatic N) is 2. The number of rotatable bonds is 9. The van der Waals surface area contributed by atoms with E-state index in [4.69, 9.17) is 4.79 Å². The maximum Gasteiger partial charge on any atom is 0.253 e. The second-order valence-corrected chi connectivity index (χ2v) is 9.33. The van der Waals surface area contributed by atoms with Crippen molar-refractivity contribution >= 4 is 35.1 Å². The highest BCUT2D eigenvalue weighted by atomic mass is 32.1. The third kappa shape index (κ3) is 10.1. The van der Waals surface area contributed by atoms with Gasteiger partial charge in [-0.3, -0.25) is 9.59 Å². The lowest BCUT2D eigenvalue weighted by atomic mass is 10.1. The fourth-order valence-electron chi connectivity index (χ4n) is 3.11. The van der Waals surface area contributed by atoms with E-state index in [2.05, 4.69) is 36.4 Å². The Morgan fingerprint density at radius 2 is 1.92 bits per heavy atom. The average molecular weight is 517 g/mol. The second-order valence-electron chi connectivity index (χ2n) is 8.47. The molecule has 2 amide bonds. The molecular weight excluding hydrogens is 479 g/mol. The first-order chi connectivity index (χ1) is 17.2. The molecule has 0 radical (unpaired) electrons. The lowest BCUT2D eigenvalue weighted by Gasteiger charge is -2.04. The molecule has 0 atom stereocenters. The van der Waals surface area contributed by atoms with Gasteiger partial charge >= 0.3 is 0 Å². The maximum atomic E-state index is 14.2. The lowest BCUT2D eigenvalue weighted by molar-refractivity contribution is -0.115. The molecule has 0 aliphatic carbocycles. The Kier molecular flexibility index (Phi) is 14.0. The van der Waals surface area contributed by atoms with Gasteiger partial charge in [0.25, 0.3) is 5.91 Å². The van der Waals surface area contributed by atoms with Crippen molar-refractivity contribution in [1.82, 2.24) is 14.9 Å². The number of amides is 2. The molecule has 0 spiro atoms. The molecule has 1 aromatic carbocycles. The van der Waals surface area contributed by atoms with E-state index in [0.29, 0.717) is 27.5 Å². The molecule has 9 heteroatoms. The predicted molar refractivity (Wildman–Crippen MR) is 145 cm³/mol. The van der Waals surface area contributed by atoms with Crippen LogP contribution in [0, 0.1) is 18.7 Å². The normalized spacial score (nSPS) is 10.1. The van der Waals surface area contributed by atoms with Gasteiger partial charge in [0.2, 0.25) is 5.91 Å². The Morgan fingerprint density at radius 3 is 2.50 bits per heavy atom. The Morgan fingerprint density at radius 1 is 1.19 bits per heavy atom. The van der Waals surface area contributed by atoms with Gasteiger partial charge in [-0.25, -0.2) is 9.37 Å². The summed E-state index contributed by atoms with van der Waals surface area (Å²) in [7, 11) is 0. The number of aromatic nitrogens is 2. The second kappa shape index (κ2) is 16.4. The quantitative estimate of drug-likeness (QED) is 0.360. The van der Waals surface area contributed by atoms with Crippen molar-refractivity contribution in [2.24, 2.45) is 5.92 Å². The summed E-state index contributed by atoms with van der Waals surface area (Å²) in [5.41, 5.74) is 1.88. The van der Waals surface area contributed by atoms with Crippen LogP contribution in [0.3, 0.4) is 0 Å². The molecule has 3 aromatic rings. The third-order valence-electron chi connectivity index (χ3n) is 5.14. The van der Waals surface area contributed by atoms with E-state index >= 15 is 0 Å². The standard InChI is InChI=1S/C19H19FN4O2S.C7H16.CH2O/c1-3-24-8-7-13(10-24)18(26)21-9-16(25)23-19-22-15(11-27-19)14-6-4-5-12(2)17(14)20;1-4-5-6-7(2)3;1-2/h4-8,10-11H,3,9H2,1-2H3,(H,21,26)(H,22,23,25);7H,4-6H2,1-3H3;1H2. The van der Waals surface area contributed by atoms with E-state index in [-0.39, 0.29) is 18.3 Å². The van der Waals surface area contributed by atoms with Crippen LogP contribution in [-0.2, 0) is 16.1 Å². The summed E-state index contributed by atoms with van der Waals surface area (Å²) in [4.78, 5) is 36.3. The molecule has 3 rings (SSSR count). The molecule has 0 saturated heterocycles. The lowest BCUT2D eigenvalue weighted by Crippen LogP contribution is -2.32. The van der Waals surface area contributed by atoms with Crippen molar-refractivity contribution in [3.8, 4) is 11.3 Å². The smallest absolute Gasteiger partial charge is 0.253 e. The van der Waals surface area contributed by atoms with Gasteiger partial charge in [0.1, 0.15) is 12.6 Å². The first-order valence-electron chi connectivity index (χ1n) is 12.0. The van der Waals surface area contributed by atoms with Crippen LogP contribution in [0.1, 0.15) is 62.9 Å². The number of carbonyl (C=O) groups excluding carboxylic acids is 3. The van der Waals surface area contributed by atoms with Crippen molar-refractivity contribution in [2.75, 3.05) is 11.9 Å². The van der Waals surface area contributed by atoms with Gasteiger partial charge in [0, 0.05) is 29.9 Å². The Balaban J connectivity index is 0.000000623. The fraction of sp³-hybridized carbons (Fsp3) is 0.407. The van der Waals surface area contributed by atoms with Crippen LogP contribution in [0.4, 0.5) is 9.52 Å². The van der Waals surface area contributed by atoms with Gasteiger partial charge in [-0.1, -0.05) is 52.2 Å². The number of nitrogens with one attached hydrogen (secondary N) is 2. The molecule has 0 fully saturated rings. The maximum absolute atomic E-state index is 14.2. The van der Waals surface area contributed by atoms with Crippen LogP contribution in [0.5, 0.6) is 0 Å². The van der Waals surface area contributed by atoms with Gasteiger partial charge in [-0.2, -0.15) is 0 Å². The first kappa shape index (κ1) is 30.7. The van der Waals surface area contributed by atoms with Crippen LogP contribution < -0.4 is 10.6 Å².